The average Bonchev–Trinajstić information content (AvgIpc) is 3.19. The van der Waals surface area contributed by atoms with Gasteiger partial charge in [0.15, 0.2) is 0 Å². The van der Waals surface area contributed by atoms with E-state index in [1.807, 2.05) is 18.2 Å². The van der Waals surface area contributed by atoms with Crippen LogP contribution in [0.15, 0.2) is 47.4 Å². The fourth-order valence-electron chi connectivity index (χ4n) is 3.35. The first-order valence-corrected chi connectivity index (χ1v) is 10.1. The van der Waals surface area contributed by atoms with Gasteiger partial charge in [0.1, 0.15) is 17.2 Å². The molecule has 3 aromatic rings. The number of H-pyrrole nitrogens is 1. The monoisotopic (exact) mass is 392 g/mol. The first-order chi connectivity index (χ1) is 13.7. The maximum atomic E-state index is 8.60. The fourth-order valence-corrected chi connectivity index (χ4v) is 4.51. The third kappa shape index (κ3) is 3.95. The van der Waals surface area contributed by atoms with Crippen LogP contribution >= 0.6 is 11.8 Å². The predicted octanol–water partition coefficient (Wildman–Crippen LogP) is 5.31. The number of nitrogens with zero attached hydrogens (tertiary/aromatic N) is 6. The molecule has 142 valence electrons. The van der Waals surface area contributed by atoms with Gasteiger partial charge in [-0.25, -0.2) is 9.97 Å². The van der Waals surface area contributed by atoms with Crippen molar-refractivity contribution < 1.29 is 0 Å². The third-order valence-corrected chi connectivity index (χ3v) is 5.91. The lowest BCUT2D eigenvalue weighted by Crippen LogP contribution is -2.05. The average molecular weight is 392 g/mol. The lowest BCUT2D eigenvalue weighted by atomic mass is 9.95. The maximum Gasteiger partial charge on any atom is 0.142 e. The fraction of sp³-hybridized carbons (Fsp3) is 0.316. The number of nitrogens with one attached hydrogen (secondary N) is 2. The number of aromatic nitrogens is 4. The Kier molecular flexibility index (Phi) is 5.45. The highest BCUT2D eigenvalue weighted by Crippen LogP contribution is 2.37. The van der Waals surface area contributed by atoms with Crippen LogP contribution in [0.2, 0.25) is 0 Å². The van der Waals surface area contributed by atoms with Crippen molar-refractivity contribution in [1.82, 2.24) is 20.2 Å². The highest BCUT2D eigenvalue weighted by molar-refractivity contribution is 7.99. The SMILES string of the molecule is C=C1CC[C@@H](CN=[N+]=[N-])CCSc2ncnc(Nc3ccc4[nH]ncc4c3)c21. The minimum absolute atomic E-state index is 0.363. The highest BCUT2D eigenvalue weighted by atomic mass is 32.2. The molecule has 1 atom stereocenters. The van der Waals surface area contributed by atoms with E-state index >= 15 is 0 Å². The molecule has 0 spiro atoms. The van der Waals surface area contributed by atoms with Crippen molar-refractivity contribution in [3.8, 4) is 0 Å². The topological polar surface area (TPSA) is 115 Å². The van der Waals surface area contributed by atoms with Crippen molar-refractivity contribution in [3.63, 3.8) is 0 Å². The molecule has 0 saturated carbocycles. The summed E-state index contributed by atoms with van der Waals surface area (Å²) in [5.41, 5.74) is 12.5. The molecule has 0 aliphatic carbocycles. The van der Waals surface area contributed by atoms with Crippen molar-refractivity contribution in [1.29, 1.82) is 0 Å². The maximum absolute atomic E-state index is 8.60. The molecule has 0 amide bonds. The molecule has 0 bridgehead atoms. The van der Waals surface area contributed by atoms with Crippen molar-refractivity contribution in [2.45, 2.75) is 24.3 Å². The van der Waals surface area contributed by atoms with Gasteiger partial charge in [-0.1, -0.05) is 11.7 Å². The Morgan fingerprint density at radius 2 is 2.29 bits per heavy atom. The Bertz CT molecular complexity index is 1050. The van der Waals surface area contributed by atoms with Gasteiger partial charge < -0.3 is 5.32 Å². The van der Waals surface area contributed by atoms with Crippen LogP contribution in [0.3, 0.4) is 0 Å². The Labute approximate surface area is 166 Å². The zero-order valence-corrected chi connectivity index (χ0v) is 16.1. The number of thioether (sulfide) groups is 1. The van der Waals surface area contributed by atoms with E-state index in [1.54, 1.807) is 24.3 Å². The van der Waals surface area contributed by atoms with Gasteiger partial charge in [0.05, 0.1) is 17.3 Å². The molecule has 1 aliphatic rings. The molecule has 2 N–H and O–H groups in total. The smallest absolute Gasteiger partial charge is 0.142 e. The van der Waals surface area contributed by atoms with E-state index in [-0.39, 0.29) is 0 Å². The Hall–Kier alpha value is -3.03. The van der Waals surface area contributed by atoms with E-state index in [0.29, 0.717) is 12.5 Å². The van der Waals surface area contributed by atoms with Crippen LogP contribution in [-0.4, -0.2) is 32.5 Å². The lowest BCUT2D eigenvalue weighted by Gasteiger charge is -2.15. The van der Waals surface area contributed by atoms with Gasteiger partial charge in [-0.15, -0.1) is 11.8 Å². The molecule has 0 fully saturated rings. The summed E-state index contributed by atoms with van der Waals surface area (Å²) in [5.74, 6) is 2.05. The van der Waals surface area contributed by atoms with Crippen LogP contribution in [0, 0.1) is 5.92 Å². The van der Waals surface area contributed by atoms with Crippen molar-refractivity contribution >= 4 is 39.7 Å². The van der Waals surface area contributed by atoms with E-state index in [0.717, 1.165) is 63.6 Å². The number of allylic oxidation sites excluding steroid dienone is 1. The molecule has 0 saturated heterocycles. The summed E-state index contributed by atoms with van der Waals surface area (Å²) < 4.78 is 0. The molecule has 9 heteroatoms. The van der Waals surface area contributed by atoms with E-state index in [9.17, 15) is 0 Å². The molecule has 0 radical (unpaired) electrons. The van der Waals surface area contributed by atoms with E-state index < -0.39 is 0 Å². The standard InChI is InChI=1S/C19H20N8S/c1-12-2-3-13(9-24-27-20)6-7-28-19-17(12)18(21-11-22-19)25-15-4-5-16-14(8-15)10-23-26-16/h4-5,8,10-11,13H,1-3,6-7,9H2,(H,23,26)(H,21,22,25)/t13-/m1/s1. The van der Waals surface area contributed by atoms with Gasteiger partial charge in [0.25, 0.3) is 0 Å². The summed E-state index contributed by atoms with van der Waals surface area (Å²) in [6.45, 7) is 4.84. The van der Waals surface area contributed by atoms with Gasteiger partial charge in [-0.3, -0.25) is 5.10 Å². The second-order valence-electron chi connectivity index (χ2n) is 6.76. The molecular weight excluding hydrogens is 372 g/mol. The molecule has 0 unspecified atom stereocenters. The van der Waals surface area contributed by atoms with Gasteiger partial charge in [0.2, 0.25) is 0 Å². The first-order valence-electron chi connectivity index (χ1n) is 9.11. The normalized spacial score (nSPS) is 17.1. The van der Waals surface area contributed by atoms with Crippen LogP contribution in [0.25, 0.3) is 26.9 Å². The van der Waals surface area contributed by atoms with Crippen LogP contribution in [0.5, 0.6) is 0 Å². The Morgan fingerprint density at radius 3 is 3.18 bits per heavy atom. The summed E-state index contributed by atoms with van der Waals surface area (Å²) in [7, 11) is 0. The Morgan fingerprint density at radius 1 is 1.36 bits per heavy atom. The predicted molar refractivity (Wildman–Crippen MR) is 113 cm³/mol. The van der Waals surface area contributed by atoms with Crippen molar-refractivity contribution in [2.75, 3.05) is 17.6 Å². The van der Waals surface area contributed by atoms with Crippen molar-refractivity contribution in [3.05, 3.63) is 53.3 Å². The van der Waals surface area contributed by atoms with Crippen molar-refractivity contribution in [2.24, 2.45) is 11.0 Å². The number of hydrogen-bond donors (Lipinski definition) is 2. The molecule has 1 aromatic carbocycles. The number of fused-ring (bicyclic) bond motifs is 2. The molecule has 1 aliphatic heterocycles. The minimum atomic E-state index is 0.363. The number of hydrogen-bond acceptors (Lipinski definition) is 6. The van der Waals surface area contributed by atoms with Gasteiger partial charge in [-0.2, -0.15) is 5.10 Å². The third-order valence-electron chi connectivity index (χ3n) is 4.89. The second kappa shape index (κ2) is 8.33. The highest BCUT2D eigenvalue weighted by Gasteiger charge is 2.20. The summed E-state index contributed by atoms with van der Waals surface area (Å²) in [6, 6.07) is 6.02. The van der Waals surface area contributed by atoms with Crippen LogP contribution in [0.4, 0.5) is 11.5 Å². The second-order valence-corrected chi connectivity index (χ2v) is 7.84. The molecule has 4 rings (SSSR count). The van der Waals surface area contributed by atoms with Crippen LogP contribution in [0.1, 0.15) is 24.8 Å². The number of azide groups is 1. The summed E-state index contributed by atoms with van der Waals surface area (Å²) in [6.07, 6.45) is 6.14. The zero-order valence-electron chi connectivity index (χ0n) is 15.3. The number of benzene rings is 1. The van der Waals surface area contributed by atoms with Crippen LogP contribution < -0.4 is 5.32 Å². The summed E-state index contributed by atoms with van der Waals surface area (Å²) in [5, 5.41) is 16.2. The summed E-state index contributed by atoms with van der Waals surface area (Å²) >= 11 is 1.70. The molecular formula is C19H20N8S. The lowest BCUT2D eigenvalue weighted by molar-refractivity contribution is 0.492. The minimum Gasteiger partial charge on any atom is -0.340 e. The van der Waals surface area contributed by atoms with Gasteiger partial charge >= 0.3 is 0 Å². The molecule has 3 heterocycles. The zero-order chi connectivity index (χ0) is 19.3. The van der Waals surface area contributed by atoms with Gasteiger partial charge in [0, 0.05) is 22.5 Å². The van der Waals surface area contributed by atoms with Crippen LogP contribution in [-0.2, 0) is 0 Å². The van der Waals surface area contributed by atoms with Gasteiger partial charge in [-0.05, 0) is 60.2 Å². The largest absolute Gasteiger partial charge is 0.340 e. The molecule has 28 heavy (non-hydrogen) atoms. The molecule has 2 aromatic heterocycles. The Balaban J connectivity index is 1.61. The number of aromatic amines is 1. The van der Waals surface area contributed by atoms with E-state index in [1.165, 1.54) is 0 Å². The number of anilines is 2. The number of rotatable bonds is 4. The quantitative estimate of drug-likeness (QED) is 0.270. The summed E-state index contributed by atoms with van der Waals surface area (Å²) in [4.78, 5) is 11.9. The molecule has 8 nitrogen and oxygen atoms in total. The van der Waals surface area contributed by atoms with E-state index in [4.69, 9.17) is 5.53 Å². The van der Waals surface area contributed by atoms with E-state index in [2.05, 4.69) is 42.1 Å². The first kappa shape index (κ1) is 18.3.